The first-order chi connectivity index (χ1) is 11.5. The van der Waals surface area contributed by atoms with Gasteiger partial charge in [0.2, 0.25) is 5.91 Å². The molecule has 124 valence electrons. The van der Waals surface area contributed by atoms with Crippen LogP contribution in [0.5, 0.6) is 0 Å². The lowest BCUT2D eigenvalue weighted by Gasteiger charge is -2.14. The lowest BCUT2D eigenvalue weighted by molar-refractivity contribution is -0.119. The quantitative estimate of drug-likeness (QED) is 0.937. The van der Waals surface area contributed by atoms with Crippen molar-refractivity contribution in [3.63, 3.8) is 0 Å². The molecular weight excluding hydrogens is 306 g/mol. The van der Waals surface area contributed by atoms with Gasteiger partial charge in [0, 0.05) is 24.5 Å². The van der Waals surface area contributed by atoms with Gasteiger partial charge in [-0.3, -0.25) is 14.7 Å². The number of nitrogens with zero attached hydrogens (tertiary/aromatic N) is 2. The van der Waals surface area contributed by atoms with Crippen LogP contribution < -0.4 is 10.2 Å². The Bertz CT molecular complexity index is 758. The summed E-state index contributed by atoms with van der Waals surface area (Å²) in [5.41, 5.74) is 3.88. The van der Waals surface area contributed by atoms with Gasteiger partial charge in [-0.2, -0.15) is 0 Å². The summed E-state index contributed by atoms with van der Waals surface area (Å²) in [5, 5.41) is 2.67. The van der Waals surface area contributed by atoms with Crippen molar-refractivity contribution < 1.29 is 14.3 Å². The molecule has 1 unspecified atom stereocenters. The first-order valence-corrected chi connectivity index (χ1v) is 7.78. The molecule has 24 heavy (non-hydrogen) atoms. The number of hydrogen-bond donors (Lipinski definition) is 1. The van der Waals surface area contributed by atoms with Gasteiger partial charge in [-0.1, -0.05) is 12.1 Å². The molecule has 2 aromatic rings. The fraction of sp³-hybridized carbons (Fsp3) is 0.278. The Hall–Kier alpha value is -2.89. The molecule has 0 saturated carbocycles. The number of hydrogen-bond acceptors (Lipinski definition) is 4. The fourth-order valence-corrected chi connectivity index (χ4v) is 2.66. The van der Waals surface area contributed by atoms with Crippen LogP contribution in [-0.2, 0) is 9.53 Å². The van der Waals surface area contributed by atoms with Crippen LogP contribution in [0.15, 0.2) is 42.6 Å². The first-order valence-electron chi connectivity index (χ1n) is 7.78. The largest absolute Gasteiger partial charge is 0.442 e. The fourth-order valence-electron chi connectivity index (χ4n) is 2.66. The molecule has 1 fully saturated rings. The van der Waals surface area contributed by atoms with E-state index in [0.29, 0.717) is 13.1 Å². The highest BCUT2D eigenvalue weighted by molar-refractivity contribution is 5.90. The van der Waals surface area contributed by atoms with E-state index in [1.807, 2.05) is 43.3 Å². The maximum atomic E-state index is 12.0. The molecule has 1 N–H and O–H groups in total. The molecule has 1 aliphatic heterocycles. The summed E-state index contributed by atoms with van der Waals surface area (Å²) in [6.45, 7) is 4.14. The molecule has 1 atom stereocenters. The minimum atomic E-state index is -0.391. The number of amides is 2. The number of aryl methyl sites for hydroxylation is 1. The smallest absolute Gasteiger partial charge is 0.414 e. The number of cyclic esters (lactones) is 1. The lowest BCUT2D eigenvalue weighted by atomic mass is 10.1. The molecule has 6 nitrogen and oxygen atoms in total. The predicted molar refractivity (Wildman–Crippen MR) is 90.7 cm³/mol. The maximum Gasteiger partial charge on any atom is 0.414 e. The van der Waals surface area contributed by atoms with Crippen LogP contribution in [0, 0.1) is 6.92 Å². The van der Waals surface area contributed by atoms with Crippen molar-refractivity contribution in [2.45, 2.75) is 20.0 Å². The third-order valence-corrected chi connectivity index (χ3v) is 3.86. The van der Waals surface area contributed by atoms with E-state index in [0.717, 1.165) is 22.5 Å². The number of carbonyl (C=O) groups is 2. The summed E-state index contributed by atoms with van der Waals surface area (Å²) in [5.74, 6) is -0.138. The first kappa shape index (κ1) is 16.0. The number of rotatable bonds is 4. The zero-order chi connectivity index (χ0) is 17.1. The molecule has 1 aliphatic rings. The van der Waals surface area contributed by atoms with Gasteiger partial charge in [0.05, 0.1) is 13.1 Å². The standard InChI is InChI=1S/C18H19N3O3/c1-12-9-15(7-8-19-12)14-3-5-16(6-4-14)21-11-17(24-18(21)23)10-20-13(2)22/h3-9,17H,10-11H2,1-2H3,(H,20,22). The highest BCUT2D eigenvalue weighted by atomic mass is 16.6. The van der Waals surface area contributed by atoms with Crippen LogP contribution in [0.4, 0.5) is 10.5 Å². The van der Waals surface area contributed by atoms with E-state index in [4.69, 9.17) is 4.74 Å². The van der Waals surface area contributed by atoms with Crippen LogP contribution in [0.3, 0.4) is 0 Å². The Morgan fingerprint density at radius 2 is 2.04 bits per heavy atom. The number of ether oxygens (including phenoxy) is 1. The molecule has 6 heteroatoms. The average Bonchev–Trinajstić information content (AvgIpc) is 2.94. The van der Waals surface area contributed by atoms with Crippen LogP contribution >= 0.6 is 0 Å². The van der Waals surface area contributed by atoms with Crippen LogP contribution in [0.1, 0.15) is 12.6 Å². The van der Waals surface area contributed by atoms with Crippen LogP contribution in [0.25, 0.3) is 11.1 Å². The zero-order valence-electron chi connectivity index (χ0n) is 13.7. The number of carbonyl (C=O) groups excluding carboxylic acids is 2. The van der Waals surface area contributed by atoms with Gasteiger partial charge in [-0.25, -0.2) is 4.79 Å². The molecule has 3 rings (SSSR count). The van der Waals surface area contributed by atoms with Crippen LogP contribution in [-0.4, -0.2) is 36.2 Å². The van der Waals surface area contributed by atoms with Crippen molar-refractivity contribution in [1.29, 1.82) is 0 Å². The van der Waals surface area contributed by atoms with Gasteiger partial charge in [0.1, 0.15) is 6.10 Å². The van der Waals surface area contributed by atoms with E-state index in [2.05, 4.69) is 10.3 Å². The number of benzene rings is 1. The molecule has 0 aliphatic carbocycles. The Morgan fingerprint density at radius 3 is 2.71 bits per heavy atom. The molecule has 1 aromatic heterocycles. The van der Waals surface area contributed by atoms with Crippen LogP contribution in [0.2, 0.25) is 0 Å². The van der Waals surface area contributed by atoms with Gasteiger partial charge in [-0.05, 0) is 42.3 Å². The highest BCUT2D eigenvalue weighted by Gasteiger charge is 2.32. The minimum absolute atomic E-state index is 0.138. The van der Waals surface area contributed by atoms with E-state index >= 15 is 0 Å². The highest BCUT2D eigenvalue weighted by Crippen LogP contribution is 2.26. The van der Waals surface area contributed by atoms with Gasteiger partial charge in [-0.15, -0.1) is 0 Å². The number of nitrogens with one attached hydrogen (secondary N) is 1. The molecule has 1 aromatic carbocycles. The Balaban J connectivity index is 1.71. The van der Waals surface area contributed by atoms with Crippen molar-refractivity contribution in [3.8, 4) is 11.1 Å². The monoisotopic (exact) mass is 325 g/mol. The third-order valence-electron chi connectivity index (χ3n) is 3.86. The molecular formula is C18H19N3O3. The zero-order valence-corrected chi connectivity index (χ0v) is 13.7. The topological polar surface area (TPSA) is 71.5 Å². The van der Waals surface area contributed by atoms with E-state index in [1.165, 1.54) is 6.92 Å². The summed E-state index contributed by atoms with van der Waals surface area (Å²) in [4.78, 5) is 28.7. The predicted octanol–water partition coefficient (Wildman–Crippen LogP) is 2.52. The summed E-state index contributed by atoms with van der Waals surface area (Å²) >= 11 is 0. The number of anilines is 1. The third kappa shape index (κ3) is 3.53. The summed E-state index contributed by atoms with van der Waals surface area (Å²) < 4.78 is 5.27. The second kappa shape index (κ2) is 6.70. The number of aromatic nitrogens is 1. The summed E-state index contributed by atoms with van der Waals surface area (Å²) in [6, 6.07) is 11.7. The molecule has 0 spiro atoms. The molecule has 0 radical (unpaired) electrons. The Morgan fingerprint density at radius 1 is 1.29 bits per heavy atom. The maximum absolute atomic E-state index is 12.0. The molecule has 1 saturated heterocycles. The van der Waals surface area contributed by atoms with E-state index in [9.17, 15) is 9.59 Å². The van der Waals surface area contributed by atoms with E-state index in [-0.39, 0.29) is 12.0 Å². The van der Waals surface area contributed by atoms with Gasteiger partial charge >= 0.3 is 6.09 Å². The minimum Gasteiger partial charge on any atom is -0.442 e. The lowest BCUT2D eigenvalue weighted by Crippen LogP contribution is -2.33. The average molecular weight is 325 g/mol. The SMILES string of the molecule is CC(=O)NCC1CN(c2ccc(-c3ccnc(C)c3)cc2)C(=O)O1. The molecule has 0 bridgehead atoms. The summed E-state index contributed by atoms with van der Waals surface area (Å²) in [7, 11) is 0. The normalized spacial score (nSPS) is 16.8. The van der Waals surface area contributed by atoms with E-state index < -0.39 is 6.09 Å². The van der Waals surface area contributed by atoms with Crippen molar-refractivity contribution in [3.05, 3.63) is 48.3 Å². The second-order valence-corrected chi connectivity index (χ2v) is 5.79. The van der Waals surface area contributed by atoms with Crippen molar-refractivity contribution in [1.82, 2.24) is 10.3 Å². The Kier molecular flexibility index (Phi) is 4.46. The molecule has 2 heterocycles. The van der Waals surface area contributed by atoms with Crippen molar-refractivity contribution in [2.75, 3.05) is 18.0 Å². The summed E-state index contributed by atoms with van der Waals surface area (Å²) in [6.07, 6.45) is 1.06. The number of pyridine rings is 1. The van der Waals surface area contributed by atoms with Gasteiger partial charge in [0.25, 0.3) is 0 Å². The molecule has 2 amide bonds. The van der Waals surface area contributed by atoms with Crippen molar-refractivity contribution >= 4 is 17.7 Å². The van der Waals surface area contributed by atoms with Gasteiger partial charge < -0.3 is 10.1 Å². The van der Waals surface area contributed by atoms with Crippen molar-refractivity contribution in [2.24, 2.45) is 0 Å². The Labute approximate surface area is 140 Å². The van der Waals surface area contributed by atoms with E-state index in [1.54, 1.807) is 11.1 Å². The second-order valence-electron chi connectivity index (χ2n) is 5.79. The van der Waals surface area contributed by atoms with Gasteiger partial charge in [0.15, 0.2) is 0 Å².